The van der Waals surface area contributed by atoms with Gasteiger partial charge in [-0.15, -0.1) is 10.2 Å². The monoisotopic (exact) mass is 448 g/mol. The summed E-state index contributed by atoms with van der Waals surface area (Å²) in [4.78, 5) is 26.6. The molecule has 3 rings (SSSR count). The normalized spacial score (nSPS) is 11.2. The number of anilines is 1. The third kappa shape index (κ3) is 4.72. The van der Waals surface area contributed by atoms with E-state index in [9.17, 15) is 14.7 Å². The van der Waals surface area contributed by atoms with E-state index in [0.717, 1.165) is 4.47 Å². The summed E-state index contributed by atoms with van der Waals surface area (Å²) in [5.74, 6) is -1.12. The molecule has 0 radical (unpaired) electrons. The standard InChI is InChI=1S/C18H14BrClN4O3/c19-10-5-6-13-11(9-10)17(18(27)22-13)24-23-16(26)8-7-15(25)21-14-4-2-1-3-12(14)20/h1-6,9,22,27H,7-8H2,(H,21,25). The maximum absolute atomic E-state index is 11.9. The van der Waals surface area contributed by atoms with Gasteiger partial charge in [0.1, 0.15) is 0 Å². The van der Waals surface area contributed by atoms with E-state index in [1.165, 1.54) is 0 Å². The molecule has 0 bridgehead atoms. The minimum absolute atomic E-state index is 0.0610. The van der Waals surface area contributed by atoms with Crippen molar-refractivity contribution in [2.75, 3.05) is 5.32 Å². The Bertz CT molecular complexity index is 1050. The highest BCUT2D eigenvalue weighted by atomic mass is 79.9. The molecule has 3 N–H and O–H groups in total. The lowest BCUT2D eigenvalue weighted by molar-refractivity contribution is -0.122. The van der Waals surface area contributed by atoms with E-state index in [0.29, 0.717) is 21.6 Å². The van der Waals surface area contributed by atoms with Crippen LogP contribution in [0.15, 0.2) is 57.2 Å². The van der Waals surface area contributed by atoms with Gasteiger partial charge in [-0.3, -0.25) is 9.59 Å². The number of nitrogens with zero attached hydrogens (tertiary/aromatic N) is 2. The number of H-pyrrole nitrogens is 1. The number of fused-ring (bicyclic) bond motifs is 1. The van der Waals surface area contributed by atoms with E-state index in [2.05, 4.69) is 36.5 Å². The number of nitrogens with one attached hydrogen (secondary N) is 2. The van der Waals surface area contributed by atoms with Crippen LogP contribution in [0.1, 0.15) is 12.8 Å². The molecule has 2 aromatic carbocycles. The lowest BCUT2D eigenvalue weighted by Gasteiger charge is -2.05. The molecule has 0 unspecified atom stereocenters. The van der Waals surface area contributed by atoms with Gasteiger partial charge in [-0.05, 0) is 30.3 Å². The number of carbonyl (C=O) groups excluding carboxylic acids is 2. The fourth-order valence-electron chi connectivity index (χ4n) is 2.39. The highest BCUT2D eigenvalue weighted by Gasteiger charge is 2.12. The first-order valence-corrected chi connectivity index (χ1v) is 9.10. The second-order valence-corrected chi connectivity index (χ2v) is 6.96. The fraction of sp³-hybridized carbons (Fsp3) is 0.111. The van der Waals surface area contributed by atoms with E-state index in [1.54, 1.807) is 36.4 Å². The van der Waals surface area contributed by atoms with Crippen molar-refractivity contribution in [1.82, 2.24) is 4.98 Å². The molecular weight excluding hydrogens is 436 g/mol. The number of para-hydroxylation sites is 1. The van der Waals surface area contributed by atoms with E-state index in [4.69, 9.17) is 11.6 Å². The zero-order valence-corrected chi connectivity index (χ0v) is 16.2. The molecule has 1 aromatic heterocycles. The number of rotatable bonds is 5. The number of halogens is 2. The topological polar surface area (TPSA) is 107 Å². The molecule has 0 aliphatic carbocycles. The number of aromatic amines is 1. The first-order chi connectivity index (χ1) is 12.9. The van der Waals surface area contributed by atoms with Crippen molar-refractivity contribution in [2.24, 2.45) is 10.2 Å². The fourth-order valence-corrected chi connectivity index (χ4v) is 2.93. The van der Waals surface area contributed by atoms with Crippen LogP contribution in [-0.4, -0.2) is 21.9 Å². The molecular formula is C18H14BrClN4O3. The summed E-state index contributed by atoms with van der Waals surface area (Å²) in [6.07, 6.45) is -0.179. The highest BCUT2D eigenvalue weighted by molar-refractivity contribution is 9.10. The third-order valence-corrected chi connectivity index (χ3v) is 4.51. The number of aromatic nitrogens is 1. The Balaban J connectivity index is 1.61. The lowest BCUT2D eigenvalue weighted by atomic mass is 10.2. The van der Waals surface area contributed by atoms with Crippen LogP contribution in [0.5, 0.6) is 5.88 Å². The van der Waals surface area contributed by atoms with E-state index in [1.807, 2.05) is 6.07 Å². The van der Waals surface area contributed by atoms with Gasteiger partial charge in [-0.2, -0.15) is 0 Å². The van der Waals surface area contributed by atoms with Gasteiger partial charge in [-0.25, -0.2) is 0 Å². The maximum atomic E-state index is 11.9. The molecule has 0 atom stereocenters. The maximum Gasteiger partial charge on any atom is 0.265 e. The summed E-state index contributed by atoms with van der Waals surface area (Å²) in [5, 5.41) is 21.0. The molecule has 0 saturated heterocycles. The Kier molecular flexibility index (Phi) is 5.88. The molecule has 7 nitrogen and oxygen atoms in total. The molecule has 0 aliphatic rings. The van der Waals surface area contributed by atoms with Gasteiger partial charge in [0, 0.05) is 22.7 Å². The van der Waals surface area contributed by atoms with Crippen LogP contribution in [0.25, 0.3) is 10.9 Å². The van der Waals surface area contributed by atoms with Gasteiger partial charge >= 0.3 is 0 Å². The highest BCUT2D eigenvalue weighted by Crippen LogP contribution is 2.36. The minimum atomic E-state index is -0.576. The van der Waals surface area contributed by atoms with Crippen molar-refractivity contribution < 1.29 is 14.7 Å². The Morgan fingerprint density at radius 2 is 1.96 bits per heavy atom. The van der Waals surface area contributed by atoms with E-state index < -0.39 is 5.91 Å². The first-order valence-electron chi connectivity index (χ1n) is 7.93. The van der Waals surface area contributed by atoms with Crippen LogP contribution in [0.4, 0.5) is 11.4 Å². The molecule has 3 aromatic rings. The Morgan fingerprint density at radius 1 is 1.19 bits per heavy atom. The smallest absolute Gasteiger partial charge is 0.265 e. The SMILES string of the molecule is O=C(CCC(=O)Nc1ccccc1Cl)N=Nc1c(O)[nH]c2ccc(Br)cc12. The molecule has 27 heavy (non-hydrogen) atoms. The Labute approximate surface area is 167 Å². The zero-order valence-electron chi connectivity index (χ0n) is 13.9. The number of aromatic hydroxyl groups is 1. The summed E-state index contributed by atoms with van der Waals surface area (Å²) in [6, 6.07) is 12.1. The van der Waals surface area contributed by atoms with Crippen molar-refractivity contribution >= 4 is 61.6 Å². The van der Waals surface area contributed by atoms with E-state index in [-0.39, 0.29) is 30.3 Å². The van der Waals surface area contributed by atoms with Gasteiger partial charge in [0.2, 0.25) is 11.8 Å². The Morgan fingerprint density at radius 3 is 2.74 bits per heavy atom. The molecule has 2 amide bonds. The van der Waals surface area contributed by atoms with Crippen molar-refractivity contribution in [2.45, 2.75) is 12.8 Å². The van der Waals surface area contributed by atoms with Crippen molar-refractivity contribution in [3.8, 4) is 5.88 Å². The second-order valence-electron chi connectivity index (χ2n) is 5.63. The quantitative estimate of drug-likeness (QED) is 0.459. The van der Waals surface area contributed by atoms with Crippen LogP contribution in [0, 0.1) is 0 Å². The van der Waals surface area contributed by atoms with E-state index >= 15 is 0 Å². The van der Waals surface area contributed by atoms with Crippen LogP contribution in [0.2, 0.25) is 5.02 Å². The zero-order chi connectivity index (χ0) is 19.4. The van der Waals surface area contributed by atoms with Crippen molar-refractivity contribution in [1.29, 1.82) is 0 Å². The second kappa shape index (κ2) is 8.32. The molecule has 0 aliphatic heterocycles. The molecule has 0 spiro atoms. The molecule has 0 saturated carbocycles. The molecule has 9 heteroatoms. The van der Waals surface area contributed by atoms with Gasteiger partial charge in [0.25, 0.3) is 5.91 Å². The summed E-state index contributed by atoms with van der Waals surface area (Å²) in [5.41, 5.74) is 1.31. The van der Waals surface area contributed by atoms with Gasteiger partial charge in [-0.1, -0.05) is 39.7 Å². The lowest BCUT2D eigenvalue weighted by Crippen LogP contribution is -2.13. The number of amides is 2. The van der Waals surface area contributed by atoms with Crippen molar-refractivity contribution in [3.63, 3.8) is 0 Å². The van der Waals surface area contributed by atoms with Crippen molar-refractivity contribution in [3.05, 3.63) is 52.0 Å². The largest absolute Gasteiger partial charge is 0.493 e. The van der Waals surface area contributed by atoms with Crippen LogP contribution in [-0.2, 0) is 9.59 Å². The molecule has 1 heterocycles. The number of carbonyl (C=O) groups is 2. The van der Waals surface area contributed by atoms with Crippen LogP contribution < -0.4 is 5.32 Å². The van der Waals surface area contributed by atoms with Crippen LogP contribution >= 0.6 is 27.5 Å². The predicted octanol–water partition coefficient (Wildman–Crippen LogP) is 5.32. The third-order valence-electron chi connectivity index (χ3n) is 3.69. The van der Waals surface area contributed by atoms with Crippen LogP contribution in [0.3, 0.4) is 0 Å². The van der Waals surface area contributed by atoms with Gasteiger partial charge < -0.3 is 15.4 Å². The first kappa shape index (κ1) is 19.1. The minimum Gasteiger partial charge on any atom is -0.493 e. The molecule has 138 valence electrons. The van der Waals surface area contributed by atoms with Gasteiger partial charge in [0.05, 0.1) is 16.2 Å². The summed E-state index contributed by atoms with van der Waals surface area (Å²) in [7, 11) is 0. The molecule has 0 fully saturated rings. The average Bonchev–Trinajstić information content (AvgIpc) is 2.94. The predicted molar refractivity (Wildman–Crippen MR) is 107 cm³/mol. The summed E-state index contributed by atoms with van der Waals surface area (Å²) in [6.45, 7) is 0. The number of hydrogen-bond donors (Lipinski definition) is 3. The number of benzene rings is 2. The number of hydrogen-bond acceptors (Lipinski definition) is 4. The summed E-state index contributed by atoms with van der Waals surface area (Å²) >= 11 is 9.31. The Hall–Kier alpha value is -2.71. The summed E-state index contributed by atoms with van der Waals surface area (Å²) < 4.78 is 0.799. The number of azo groups is 1. The van der Waals surface area contributed by atoms with Gasteiger partial charge in [0.15, 0.2) is 5.69 Å². The average molecular weight is 450 g/mol.